The molecule has 1 N–H and O–H groups in total. The zero-order chi connectivity index (χ0) is 22.4. The average Bonchev–Trinajstić information content (AvgIpc) is 3.33. The number of hydrogen-bond acceptors (Lipinski definition) is 4. The van der Waals surface area contributed by atoms with Gasteiger partial charge in [-0.1, -0.05) is 30.1 Å². The molecule has 166 valence electrons. The van der Waals surface area contributed by atoms with E-state index >= 15 is 0 Å². The fourth-order valence-corrected chi connectivity index (χ4v) is 4.48. The van der Waals surface area contributed by atoms with Crippen LogP contribution in [0, 0.1) is 5.82 Å². The fraction of sp³-hybridized carbons (Fsp3) is 0.318. The maximum atomic E-state index is 14.1. The summed E-state index contributed by atoms with van der Waals surface area (Å²) in [5.41, 5.74) is 2.31. The molecule has 0 amide bonds. The second-order valence-corrected chi connectivity index (χ2v) is 8.65. The summed E-state index contributed by atoms with van der Waals surface area (Å²) in [5, 5.41) is 4.60. The highest BCUT2D eigenvalue weighted by Gasteiger charge is 2.24. The van der Waals surface area contributed by atoms with E-state index in [0.29, 0.717) is 29.2 Å². The van der Waals surface area contributed by atoms with Crippen molar-refractivity contribution in [2.75, 3.05) is 0 Å². The Hall–Kier alpha value is -2.84. The van der Waals surface area contributed by atoms with Crippen LogP contribution in [0.2, 0.25) is 10.0 Å². The molecule has 1 aliphatic rings. The maximum Gasteiger partial charge on any atom is 0.360 e. The number of benzene rings is 1. The molecular formula is C22H20Cl2FN5O2. The van der Waals surface area contributed by atoms with Crippen LogP contribution in [0.1, 0.15) is 50.3 Å². The Kier molecular flexibility index (Phi) is 5.43. The summed E-state index contributed by atoms with van der Waals surface area (Å²) in [4.78, 5) is 25.7. The summed E-state index contributed by atoms with van der Waals surface area (Å²) in [6.45, 7) is 1.83. The van der Waals surface area contributed by atoms with Crippen LogP contribution >= 0.6 is 23.2 Å². The smallest absolute Gasteiger partial charge is 0.360 e. The van der Waals surface area contributed by atoms with Gasteiger partial charge in [-0.25, -0.2) is 14.2 Å². The Morgan fingerprint density at radius 3 is 2.81 bits per heavy atom. The average molecular weight is 476 g/mol. The second kappa shape index (κ2) is 8.26. The molecule has 0 aliphatic heterocycles. The number of fused-ring (bicyclic) bond motifs is 1. The number of nitrogens with zero attached hydrogens (tertiary/aromatic N) is 4. The van der Waals surface area contributed by atoms with Gasteiger partial charge >= 0.3 is 5.69 Å². The number of halogens is 3. The largest absolute Gasteiger partial charge is 0.401 e. The van der Waals surface area contributed by atoms with Crippen LogP contribution < -0.4 is 10.5 Å². The van der Waals surface area contributed by atoms with E-state index in [2.05, 4.69) is 15.1 Å². The third kappa shape index (κ3) is 3.57. The summed E-state index contributed by atoms with van der Waals surface area (Å²) in [5.74, 6) is -0.605. The summed E-state index contributed by atoms with van der Waals surface area (Å²) in [6.07, 6.45) is 8.61. The van der Waals surface area contributed by atoms with Gasteiger partial charge in [-0.15, -0.1) is 4.73 Å². The molecule has 1 aliphatic carbocycles. The maximum absolute atomic E-state index is 14.1. The van der Waals surface area contributed by atoms with Crippen molar-refractivity contribution in [3.63, 3.8) is 0 Å². The van der Waals surface area contributed by atoms with Crippen molar-refractivity contribution < 1.29 is 9.23 Å². The molecule has 7 nitrogen and oxygen atoms in total. The molecule has 0 unspecified atom stereocenters. The lowest BCUT2D eigenvalue weighted by molar-refractivity contribution is 0.0350. The summed E-state index contributed by atoms with van der Waals surface area (Å²) in [7, 11) is 0. The van der Waals surface area contributed by atoms with Crippen molar-refractivity contribution in [1.82, 2.24) is 24.5 Å². The zero-order valence-electron chi connectivity index (χ0n) is 17.2. The number of aromatic amines is 1. The first-order chi connectivity index (χ1) is 15.5. The lowest BCUT2D eigenvalue weighted by Gasteiger charge is -2.25. The van der Waals surface area contributed by atoms with Gasteiger partial charge in [-0.2, -0.15) is 5.10 Å². The minimum atomic E-state index is -0.743. The van der Waals surface area contributed by atoms with E-state index < -0.39 is 17.6 Å². The quantitative estimate of drug-likeness (QED) is 0.381. The van der Waals surface area contributed by atoms with E-state index in [1.165, 1.54) is 18.6 Å². The summed E-state index contributed by atoms with van der Waals surface area (Å²) >= 11 is 12.4. The molecule has 32 heavy (non-hydrogen) atoms. The van der Waals surface area contributed by atoms with Gasteiger partial charge in [-0.3, -0.25) is 9.67 Å². The SMILES string of the molecule is CC[C@@H](On1c(=O)[nH]c2ncc(-c3cnn(C4CCC4)c3)cc21)c1c(Cl)ccc(F)c1Cl. The molecule has 0 bridgehead atoms. The van der Waals surface area contributed by atoms with Crippen LogP contribution in [-0.2, 0) is 0 Å². The first-order valence-electron chi connectivity index (χ1n) is 10.4. The van der Waals surface area contributed by atoms with E-state index in [4.69, 9.17) is 28.0 Å². The topological polar surface area (TPSA) is 77.7 Å². The fourth-order valence-electron chi connectivity index (χ4n) is 3.86. The van der Waals surface area contributed by atoms with Crippen molar-refractivity contribution in [3.05, 3.63) is 68.7 Å². The molecule has 1 atom stereocenters. The minimum absolute atomic E-state index is 0.125. The van der Waals surface area contributed by atoms with Gasteiger partial charge in [-0.05, 0) is 43.9 Å². The van der Waals surface area contributed by atoms with Crippen molar-refractivity contribution >= 4 is 34.4 Å². The van der Waals surface area contributed by atoms with Gasteiger partial charge in [0.1, 0.15) is 11.3 Å². The Labute approximate surface area is 192 Å². The van der Waals surface area contributed by atoms with Crippen LogP contribution in [0.25, 0.3) is 22.3 Å². The Bertz CT molecular complexity index is 1360. The number of nitrogens with one attached hydrogen (secondary N) is 1. The lowest BCUT2D eigenvalue weighted by atomic mass is 9.93. The van der Waals surface area contributed by atoms with Crippen LogP contribution in [0.5, 0.6) is 0 Å². The molecule has 3 heterocycles. The molecule has 0 spiro atoms. The van der Waals surface area contributed by atoms with Crippen molar-refractivity contribution in [2.45, 2.75) is 44.8 Å². The van der Waals surface area contributed by atoms with Gasteiger partial charge < -0.3 is 4.84 Å². The Morgan fingerprint density at radius 1 is 1.28 bits per heavy atom. The molecule has 0 radical (unpaired) electrons. The molecule has 0 saturated heterocycles. The molecule has 5 rings (SSSR count). The van der Waals surface area contributed by atoms with Crippen molar-refractivity contribution in [2.24, 2.45) is 0 Å². The van der Waals surface area contributed by atoms with Crippen LogP contribution in [0.3, 0.4) is 0 Å². The highest BCUT2D eigenvalue weighted by molar-refractivity contribution is 6.36. The standard InChI is InChI=1S/C22H20Cl2FN5O2/c1-2-18(19-15(23)6-7-16(25)20(19)24)32-30-17-8-12(9-26-21(17)28-22(30)31)13-10-27-29(11-13)14-4-3-5-14/h6-11,14,18H,2-5H2,1H3,(H,26,28,31)/t18-/m1/s1. The van der Waals surface area contributed by atoms with Crippen LogP contribution in [-0.4, -0.2) is 24.5 Å². The van der Waals surface area contributed by atoms with Gasteiger partial charge in [0, 0.05) is 34.1 Å². The first kappa shape index (κ1) is 21.0. The number of H-pyrrole nitrogens is 1. The summed E-state index contributed by atoms with van der Waals surface area (Å²) < 4.78 is 17.2. The van der Waals surface area contributed by atoms with E-state index in [1.807, 2.05) is 23.9 Å². The molecule has 3 aromatic heterocycles. The van der Waals surface area contributed by atoms with Crippen molar-refractivity contribution in [1.29, 1.82) is 0 Å². The summed E-state index contributed by atoms with van der Waals surface area (Å²) in [6, 6.07) is 4.87. The van der Waals surface area contributed by atoms with Crippen LogP contribution in [0.15, 0.2) is 41.6 Å². The molecule has 1 aromatic carbocycles. The predicted molar refractivity (Wildman–Crippen MR) is 120 cm³/mol. The number of aromatic nitrogens is 5. The van der Waals surface area contributed by atoms with E-state index in [9.17, 15) is 9.18 Å². The van der Waals surface area contributed by atoms with Gasteiger partial charge in [0.05, 0.1) is 17.3 Å². The highest BCUT2D eigenvalue weighted by atomic mass is 35.5. The van der Waals surface area contributed by atoms with E-state index in [-0.39, 0.29) is 10.0 Å². The Balaban J connectivity index is 1.53. The first-order valence-corrected chi connectivity index (χ1v) is 11.2. The van der Waals surface area contributed by atoms with E-state index in [1.54, 1.807) is 12.4 Å². The molecule has 1 fully saturated rings. The van der Waals surface area contributed by atoms with Gasteiger partial charge in [0.15, 0.2) is 11.8 Å². The second-order valence-electron chi connectivity index (χ2n) is 7.87. The van der Waals surface area contributed by atoms with Crippen LogP contribution in [0.4, 0.5) is 4.39 Å². The number of imidazole rings is 1. The lowest BCUT2D eigenvalue weighted by Crippen LogP contribution is -2.27. The monoisotopic (exact) mass is 475 g/mol. The molecule has 1 saturated carbocycles. The minimum Gasteiger partial charge on any atom is -0.401 e. The van der Waals surface area contributed by atoms with Crippen molar-refractivity contribution in [3.8, 4) is 11.1 Å². The Morgan fingerprint density at radius 2 is 2.09 bits per heavy atom. The molecule has 4 aromatic rings. The highest BCUT2D eigenvalue weighted by Crippen LogP contribution is 2.35. The predicted octanol–water partition coefficient (Wildman–Crippen LogP) is 5.34. The van der Waals surface area contributed by atoms with Gasteiger partial charge in [0.25, 0.3) is 0 Å². The number of hydrogen-bond donors (Lipinski definition) is 1. The zero-order valence-corrected chi connectivity index (χ0v) is 18.7. The third-order valence-corrected chi connectivity index (χ3v) is 6.60. The van der Waals surface area contributed by atoms with Gasteiger partial charge in [0.2, 0.25) is 0 Å². The normalized spacial score (nSPS) is 15.1. The number of rotatable bonds is 6. The number of pyridine rings is 1. The third-order valence-electron chi connectivity index (χ3n) is 5.88. The molecular weight excluding hydrogens is 456 g/mol. The van der Waals surface area contributed by atoms with E-state index in [0.717, 1.165) is 28.7 Å². The molecule has 10 heteroatoms.